The first-order chi connectivity index (χ1) is 9.35. The summed E-state index contributed by atoms with van der Waals surface area (Å²) in [6.45, 7) is 2.11. The van der Waals surface area contributed by atoms with Crippen molar-refractivity contribution in [2.75, 3.05) is 0 Å². The van der Waals surface area contributed by atoms with Crippen LogP contribution in [0.1, 0.15) is 24.8 Å². The SMILES string of the molecule is [C]#CC(CC)c1c2ccccc2cc2ccccc12. The Balaban J connectivity index is 2.50. The minimum absolute atomic E-state index is 0.0657. The normalized spacial score (nSPS) is 12.4. The van der Waals surface area contributed by atoms with Gasteiger partial charge in [0.1, 0.15) is 0 Å². The van der Waals surface area contributed by atoms with Crippen molar-refractivity contribution in [3.05, 3.63) is 66.6 Å². The van der Waals surface area contributed by atoms with Gasteiger partial charge in [-0.1, -0.05) is 61.4 Å². The third-order valence-corrected chi connectivity index (χ3v) is 3.74. The molecule has 1 atom stereocenters. The van der Waals surface area contributed by atoms with Crippen molar-refractivity contribution in [3.8, 4) is 5.92 Å². The Morgan fingerprint density at radius 3 is 1.95 bits per heavy atom. The summed E-state index contributed by atoms with van der Waals surface area (Å²) in [5.74, 6) is 2.77. The minimum atomic E-state index is 0.0657. The molecule has 0 nitrogen and oxygen atoms in total. The van der Waals surface area contributed by atoms with Crippen LogP contribution in [0.3, 0.4) is 0 Å². The molecule has 0 aliphatic rings. The van der Waals surface area contributed by atoms with Gasteiger partial charge < -0.3 is 0 Å². The molecule has 1 radical (unpaired) electrons. The van der Waals surface area contributed by atoms with Crippen molar-refractivity contribution >= 4 is 21.5 Å². The monoisotopic (exact) mass is 243 g/mol. The van der Waals surface area contributed by atoms with E-state index in [1.807, 2.05) is 0 Å². The molecule has 3 rings (SSSR count). The lowest BCUT2D eigenvalue weighted by Gasteiger charge is -2.15. The van der Waals surface area contributed by atoms with Crippen LogP contribution in [-0.2, 0) is 0 Å². The van der Waals surface area contributed by atoms with Crippen molar-refractivity contribution in [1.29, 1.82) is 0 Å². The van der Waals surface area contributed by atoms with Crippen LogP contribution in [0.25, 0.3) is 21.5 Å². The highest BCUT2D eigenvalue weighted by Crippen LogP contribution is 2.34. The van der Waals surface area contributed by atoms with E-state index in [1.165, 1.54) is 27.1 Å². The lowest BCUT2D eigenvalue weighted by atomic mass is 9.87. The Hall–Kier alpha value is -2.26. The number of rotatable bonds is 2. The first kappa shape index (κ1) is 11.8. The van der Waals surface area contributed by atoms with Gasteiger partial charge in [-0.3, -0.25) is 0 Å². The fraction of sp³-hybridized carbons (Fsp3) is 0.158. The van der Waals surface area contributed by atoms with Gasteiger partial charge in [0.15, 0.2) is 0 Å². The molecule has 3 aromatic rings. The zero-order valence-corrected chi connectivity index (χ0v) is 11.0. The number of fused-ring (bicyclic) bond motifs is 2. The highest BCUT2D eigenvalue weighted by Gasteiger charge is 2.14. The highest BCUT2D eigenvalue weighted by atomic mass is 14.2. The smallest absolute Gasteiger partial charge is 0.0472 e. The van der Waals surface area contributed by atoms with Crippen LogP contribution in [-0.4, -0.2) is 0 Å². The molecule has 0 aliphatic heterocycles. The van der Waals surface area contributed by atoms with Crippen molar-refractivity contribution in [2.24, 2.45) is 0 Å². The molecule has 0 aliphatic carbocycles. The molecule has 19 heavy (non-hydrogen) atoms. The molecule has 0 aromatic heterocycles. The average Bonchev–Trinajstić information content (AvgIpc) is 2.47. The standard InChI is InChI=1S/C19H15/c1-3-14(4-2)19-17-11-7-5-9-15(17)13-16-10-6-8-12-18(16)19/h5-14H,3H2,1H3. The highest BCUT2D eigenvalue weighted by molar-refractivity contribution is 6.03. The summed E-state index contributed by atoms with van der Waals surface area (Å²) in [5.41, 5.74) is 1.24. The van der Waals surface area contributed by atoms with Gasteiger partial charge in [0, 0.05) is 5.92 Å². The zero-order valence-electron chi connectivity index (χ0n) is 11.0. The minimum Gasteiger partial charge on any atom is -0.0809 e. The molecule has 0 fully saturated rings. The first-order valence-electron chi connectivity index (χ1n) is 6.67. The van der Waals surface area contributed by atoms with Gasteiger partial charge in [-0.2, -0.15) is 0 Å². The van der Waals surface area contributed by atoms with Gasteiger partial charge in [0.05, 0.1) is 0 Å². The second-order valence-electron chi connectivity index (χ2n) is 4.84. The second kappa shape index (κ2) is 4.78. The predicted octanol–water partition coefficient (Wildman–Crippen LogP) is 5.08. The molecular formula is C19H15. The van der Waals surface area contributed by atoms with Gasteiger partial charge in [0.25, 0.3) is 0 Å². The first-order valence-corrected chi connectivity index (χ1v) is 6.67. The largest absolute Gasteiger partial charge is 0.0809 e. The lowest BCUT2D eigenvalue weighted by molar-refractivity contribution is 0.843. The second-order valence-corrected chi connectivity index (χ2v) is 4.84. The maximum Gasteiger partial charge on any atom is 0.0472 e. The summed E-state index contributed by atoms with van der Waals surface area (Å²) in [7, 11) is 0. The Labute approximate surface area is 114 Å². The molecule has 0 heteroatoms. The van der Waals surface area contributed by atoms with E-state index in [9.17, 15) is 0 Å². The lowest BCUT2D eigenvalue weighted by Crippen LogP contribution is -1.97. The Morgan fingerprint density at radius 1 is 0.947 bits per heavy atom. The van der Waals surface area contributed by atoms with Crippen LogP contribution in [0, 0.1) is 12.3 Å². The fourth-order valence-corrected chi connectivity index (χ4v) is 2.80. The van der Waals surface area contributed by atoms with E-state index >= 15 is 0 Å². The Kier molecular flexibility index (Phi) is 2.97. The third-order valence-electron chi connectivity index (χ3n) is 3.74. The third kappa shape index (κ3) is 1.88. The molecule has 1 unspecified atom stereocenters. The van der Waals surface area contributed by atoms with Gasteiger partial charge in [-0.05, 0) is 46.0 Å². The summed E-state index contributed by atoms with van der Waals surface area (Å²) in [4.78, 5) is 0. The van der Waals surface area contributed by atoms with Crippen LogP contribution in [0.2, 0.25) is 0 Å². The molecule has 3 aromatic carbocycles. The topological polar surface area (TPSA) is 0 Å². The quantitative estimate of drug-likeness (QED) is 0.435. The average molecular weight is 243 g/mol. The molecule has 0 bridgehead atoms. The van der Waals surface area contributed by atoms with Crippen molar-refractivity contribution < 1.29 is 0 Å². The Morgan fingerprint density at radius 2 is 1.47 bits per heavy atom. The molecule has 91 valence electrons. The van der Waals surface area contributed by atoms with Gasteiger partial charge in [0.2, 0.25) is 0 Å². The maximum absolute atomic E-state index is 7.60. The van der Waals surface area contributed by atoms with E-state index < -0.39 is 0 Å². The molecular weight excluding hydrogens is 228 g/mol. The maximum atomic E-state index is 7.60. The summed E-state index contributed by atoms with van der Waals surface area (Å²) < 4.78 is 0. The Bertz CT molecular complexity index is 721. The summed E-state index contributed by atoms with van der Waals surface area (Å²) in [6.07, 6.45) is 8.50. The van der Waals surface area contributed by atoms with Crippen LogP contribution in [0.15, 0.2) is 54.6 Å². The number of hydrogen-bond acceptors (Lipinski definition) is 0. The summed E-state index contributed by atoms with van der Waals surface area (Å²) >= 11 is 0. The van der Waals surface area contributed by atoms with Gasteiger partial charge in [-0.25, -0.2) is 0 Å². The van der Waals surface area contributed by atoms with E-state index in [1.54, 1.807) is 0 Å². The molecule has 0 saturated carbocycles. The fourth-order valence-electron chi connectivity index (χ4n) is 2.80. The zero-order chi connectivity index (χ0) is 13.2. The van der Waals surface area contributed by atoms with Crippen LogP contribution < -0.4 is 0 Å². The molecule has 0 heterocycles. The van der Waals surface area contributed by atoms with Crippen molar-refractivity contribution in [2.45, 2.75) is 19.3 Å². The van der Waals surface area contributed by atoms with Crippen molar-refractivity contribution in [1.82, 2.24) is 0 Å². The van der Waals surface area contributed by atoms with E-state index in [0.717, 1.165) is 6.42 Å². The van der Waals surface area contributed by atoms with Crippen LogP contribution in [0.4, 0.5) is 0 Å². The molecule has 0 amide bonds. The van der Waals surface area contributed by atoms with E-state index in [4.69, 9.17) is 6.42 Å². The molecule has 0 spiro atoms. The van der Waals surface area contributed by atoms with E-state index in [0.29, 0.717) is 0 Å². The number of hydrogen-bond donors (Lipinski definition) is 0. The van der Waals surface area contributed by atoms with Crippen LogP contribution >= 0.6 is 0 Å². The molecule has 0 N–H and O–H groups in total. The summed E-state index contributed by atoms with van der Waals surface area (Å²) in [6, 6.07) is 19.1. The van der Waals surface area contributed by atoms with Gasteiger partial charge >= 0.3 is 0 Å². The predicted molar refractivity (Wildman–Crippen MR) is 81.6 cm³/mol. The number of benzene rings is 3. The van der Waals surface area contributed by atoms with Gasteiger partial charge in [-0.15, -0.1) is 0 Å². The molecule has 0 saturated heterocycles. The van der Waals surface area contributed by atoms with Crippen molar-refractivity contribution in [3.63, 3.8) is 0 Å². The van der Waals surface area contributed by atoms with E-state index in [-0.39, 0.29) is 5.92 Å². The van der Waals surface area contributed by atoms with Crippen LogP contribution in [0.5, 0.6) is 0 Å². The van der Waals surface area contributed by atoms with E-state index in [2.05, 4.69) is 67.4 Å². The summed E-state index contributed by atoms with van der Waals surface area (Å²) in [5, 5.41) is 4.97.